The van der Waals surface area contributed by atoms with Crippen molar-refractivity contribution < 1.29 is 28.9 Å². The zero-order valence-electron chi connectivity index (χ0n) is 22.4. The Morgan fingerprint density at radius 1 is 0.829 bits per heavy atom. The summed E-state index contributed by atoms with van der Waals surface area (Å²) in [4.78, 5) is 28.1. The van der Waals surface area contributed by atoms with E-state index in [9.17, 15) is 14.7 Å². The van der Waals surface area contributed by atoms with Crippen LogP contribution in [-0.2, 0) is 16.1 Å². The molecule has 4 aromatic rings. The summed E-state index contributed by atoms with van der Waals surface area (Å²) in [7, 11) is 1.66. The highest BCUT2D eigenvalue weighted by molar-refractivity contribution is 7.99. The van der Waals surface area contributed by atoms with Gasteiger partial charge in [0.25, 0.3) is 11.8 Å². The fourth-order valence-electron chi connectivity index (χ4n) is 5.15. The zero-order valence-corrected chi connectivity index (χ0v) is 23.3. The predicted octanol–water partition coefficient (Wildman–Crippen LogP) is 6.33. The molecule has 0 spiro atoms. The smallest absolute Gasteiger partial charge is 0.266 e. The first-order valence-corrected chi connectivity index (χ1v) is 14.4. The number of amides is 2. The molecular formula is C33H29NO6S. The number of imide groups is 1. The van der Waals surface area contributed by atoms with E-state index in [1.807, 2.05) is 60.7 Å². The minimum atomic E-state index is -0.647. The molecule has 1 N–H and O–H groups in total. The topological polar surface area (TPSA) is 85.3 Å². The van der Waals surface area contributed by atoms with Crippen LogP contribution < -0.4 is 9.64 Å². The molecule has 4 aromatic carbocycles. The summed E-state index contributed by atoms with van der Waals surface area (Å²) in [6.45, 7) is -0.0187. The van der Waals surface area contributed by atoms with Crippen LogP contribution in [0, 0.1) is 0 Å². The zero-order chi connectivity index (χ0) is 28.3. The van der Waals surface area contributed by atoms with Crippen LogP contribution in [-0.4, -0.2) is 35.9 Å². The van der Waals surface area contributed by atoms with E-state index < -0.39 is 6.29 Å². The molecule has 0 unspecified atom stereocenters. The maximum absolute atomic E-state index is 12.9. The molecular weight excluding hydrogens is 538 g/mol. The molecule has 0 radical (unpaired) electrons. The number of fused-ring (bicyclic) bond motifs is 1. The highest BCUT2D eigenvalue weighted by Gasteiger charge is 2.37. The molecule has 208 valence electrons. The van der Waals surface area contributed by atoms with Gasteiger partial charge in [-0.3, -0.25) is 9.59 Å². The number of para-hydroxylation sites is 1. The minimum absolute atomic E-state index is 0.0187. The molecule has 0 aliphatic carbocycles. The number of methoxy groups -OCH3 is 1. The Morgan fingerprint density at radius 3 is 2.12 bits per heavy atom. The molecule has 0 bridgehead atoms. The number of anilines is 1. The fraction of sp³-hybridized carbons (Fsp3) is 0.212. The summed E-state index contributed by atoms with van der Waals surface area (Å²) in [5.41, 5.74) is 3.94. The van der Waals surface area contributed by atoms with Gasteiger partial charge in [-0.25, -0.2) is 4.90 Å². The summed E-state index contributed by atoms with van der Waals surface area (Å²) in [5.74, 6) is 0.853. The average Bonchev–Trinajstić information content (AvgIpc) is 3.29. The number of hydrogen-bond acceptors (Lipinski definition) is 7. The number of benzene rings is 4. The van der Waals surface area contributed by atoms with E-state index >= 15 is 0 Å². The molecule has 2 amide bonds. The highest BCUT2D eigenvalue weighted by atomic mass is 32.2. The summed E-state index contributed by atoms with van der Waals surface area (Å²) in [6.07, 6.45) is -0.335. The Kier molecular flexibility index (Phi) is 7.89. The van der Waals surface area contributed by atoms with E-state index in [-0.39, 0.29) is 30.6 Å². The lowest BCUT2D eigenvalue weighted by molar-refractivity contribution is -0.245. The van der Waals surface area contributed by atoms with Crippen LogP contribution in [0.15, 0.2) is 102 Å². The van der Waals surface area contributed by atoms with Gasteiger partial charge in [0.15, 0.2) is 6.29 Å². The number of aliphatic hydroxyl groups excluding tert-OH is 1. The molecule has 41 heavy (non-hydrogen) atoms. The molecule has 0 aromatic heterocycles. The SMILES string of the molecule is COc1ccccc1SC[C@H]1C[C@@H](c2ccc(CO)cc2)O[C@@H](c2ccc(N3C(=O)c4ccccc4C3=O)cc2)O1. The Balaban J connectivity index is 1.23. The highest BCUT2D eigenvalue weighted by Crippen LogP contribution is 2.41. The van der Waals surface area contributed by atoms with E-state index in [4.69, 9.17) is 14.2 Å². The maximum Gasteiger partial charge on any atom is 0.266 e. The van der Waals surface area contributed by atoms with Crippen LogP contribution >= 0.6 is 11.8 Å². The Morgan fingerprint density at radius 2 is 1.46 bits per heavy atom. The van der Waals surface area contributed by atoms with Crippen LogP contribution in [0.3, 0.4) is 0 Å². The van der Waals surface area contributed by atoms with Gasteiger partial charge in [0.05, 0.1) is 42.7 Å². The van der Waals surface area contributed by atoms with Gasteiger partial charge in [-0.15, -0.1) is 11.8 Å². The second kappa shape index (κ2) is 11.9. The van der Waals surface area contributed by atoms with E-state index in [0.29, 0.717) is 29.0 Å². The van der Waals surface area contributed by atoms with Crippen LogP contribution in [0.4, 0.5) is 5.69 Å². The summed E-state index contributed by atoms with van der Waals surface area (Å²) in [5, 5.41) is 9.47. The number of carbonyl (C=O) groups is 2. The van der Waals surface area contributed by atoms with E-state index in [1.165, 1.54) is 4.90 Å². The minimum Gasteiger partial charge on any atom is -0.496 e. The second-order valence-electron chi connectivity index (χ2n) is 9.89. The lowest BCUT2D eigenvalue weighted by Crippen LogP contribution is -2.31. The lowest BCUT2D eigenvalue weighted by atomic mass is 10.0. The van der Waals surface area contributed by atoms with Crippen molar-refractivity contribution in [2.24, 2.45) is 0 Å². The molecule has 2 aliphatic rings. The first-order valence-electron chi connectivity index (χ1n) is 13.4. The predicted molar refractivity (Wildman–Crippen MR) is 156 cm³/mol. The van der Waals surface area contributed by atoms with Crippen LogP contribution in [0.25, 0.3) is 0 Å². The van der Waals surface area contributed by atoms with Gasteiger partial charge in [-0.2, -0.15) is 0 Å². The summed E-state index contributed by atoms with van der Waals surface area (Å²) >= 11 is 1.67. The van der Waals surface area contributed by atoms with Gasteiger partial charge < -0.3 is 19.3 Å². The van der Waals surface area contributed by atoms with Gasteiger partial charge in [0, 0.05) is 22.6 Å². The van der Waals surface area contributed by atoms with Crippen molar-refractivity contribution in [2.45, 2.75) is 36.4 Å². The van der Waals surface area contributed by atoms with Gasteiger partial charge in [-0.05, 0) is 47.5 Å². The third-order valence-corrected chi connectivity index (χ3v) is 8.51. The van der Waals surface area contributed by atoms with Crippen molar-refractivity contribution >= 4 is 29.3 Å². The number of aliphatic hydroxyl groups is 1. The first-order chi connectivity index (χ1) is 20.1. The van der Waals surface area contributed by atoms with E-state index in [2.05, 4.69) is 0 Å². The number of carbonyl (C=O) groups excluding carboxylic acids is 2. The number of nitrogens with zero attached hydrogens (tertiary/aromatic N) is 1. The summed E-state index contributed by atoms with van der Waals surface area (Å²) < 4.78 is 18.4. The normalized spacial score (nSPS) is 20.2. The van der Waals surface area contributed by atoms with Gasteiger partial charge in [-0.1, -0.05) is 60.7 Å². The fourth-order valence-corrected chi connectivity index (χ4v) is 6.20. The molecule has 1 fully saturated rings. The third kappa shape index (κ3) is 5.52. The lowest BCUT2D eigenvalue weighted by Gasteiger charge is -2.36. The monoisotopic (exact) mass is 567 g/mol. The second-order valence-corrected chi connectivity index (χ2v) is 11.0. The van der Waals surface area contributed by atoms with Crippen LogP contribution in [0.5, 0.6) is 5.75 Å². The number of rotatable bonds is 8. The van der Waals surface area contributed by atoms with Crippen molar-refractivity contribution in [1.29, 1.82) is 0 Å². The molecule has 6 rings (SSSR count). The number of ether oxygens (including phenoxy) is 3. The average molecular weight is 568 g/mol. The Labute approximate surface area is 242 Å². The van der Waals surface area contributed by atoms with Crippen molar-refractivity contribution in [3.8, 4) is 5.75 Å². The van der Waals surface area contributed by atoms with Crippen molar-refractivity contribution in [2.75, 3.05) is 17.8 Å². The van der Waals surface area contributed by atoms with Crippen molar-refractivity contribution in [3.63, 3.8) is 0 Å². The third-order valence-electron chi connectivity index (χ3n) is 7.33. The van der Waals surface area contributed by atoms with E-state index in [1.54, 1.807) is 55.3 Å². The molecule has 2 heterocycles. The molecule has 7 nitrogen and oxygen atoms in total. The Bertz CT molecular complexity index is 1520. The van der Waals surface area contributed by atoms with Crippen LogP contribution in [0.2, 0.25) is 0 Å². The molecule has 8 heteroatoms. The quantitative estimate of drug-likeness (QED) is 0.197. The summed E-state index contributed by atoms with van der Waals surface area (Å²) in [6, 6.07) is 29.7. The standard InChI is InChI=1S/C33H29NO6S/c1-38-28-8-4-5-9-30(28)41-20-25-18-29(22-12-10-21(19-35)11-13-22)40-33(39-25)23-14-16-24(17-15-23)34-31(36)26-6-2-3-7-27(26)32(34)37/h2-17,25,29,33,35H,18-20H2,1H3/t25-,29+,33+/m1/s1. The van der Waals surface area contributed by atoms with Crippen molar-refractivity contribution in [3.05, 3.63) is 125 Å². The largest absolute Gasteiger partial charge is 0.496 e. The van der Waals surface area contributed by atoms with Crippen molar-refractivity contribution in [1.82, 2.24) is 0 Å². The maximum atomic E-state index is 12.9. The van der Waals surface area contributed by atoms with Crippen LogP contribution in [0.1, 0.15) is 56.2 Å². The van der Waals surface area contributed by atoms with Gasteiger partial charge >= 0.3 is 0 Å². The number of hydrogen-bond donors (Lipinski definition) is 1. The van der Waals surface area contributed by atoms with E-state index in [0.717, 1.165) is 27.3 Å². The Hall–Kier alpha value is -3.95. The molecule has 1 saturated heterocycles. The molecule has 3 atom stereocenters. The molecule has 2 aliphatic heterocycles. The number of thioether (sulfide) groups is 1. The van der Waals surface area contributed by atoms with Gasteiger partial charge in [0.1, 0.15) is 5.75 Å². The first kappa shape index (κ1) is 27.2. The van der Waals surface area contributed by atoms with Gasteiger partial charge in [0.2, 0.25) is 0 Å². The molecule has 0 saturated carbocycles.